The number of rotatable bonds is 9. The lowest BCUT2D eigenvalue weighted by atomic mass is 10.1. The number of likely N-dealkylation sites (N-methyl/N-ethyl adjacent to an activating group) is 1. The van der Waals surface area contributed by atoms with Gasteiger partial charge in [0, 0.05) is 13.6 Å². The third-order valence-electron chi connectivity index (χ3n) is 4.68. The van der Waals surface area contributed by atoms with Crippen LogP contribution in [0.2, 0.25) is 0 Å². The number of methoxy groups -OCH3 is 1. The number of carbonyl (C=O) groups is 2. The minimum absolute atomic E-state index is 0.139. The van der Waals surface area contributed by atoms with Gasteiger partial charge in [0.2, 0.25) is 5.91 Å². The van der Waals surface area contributed by atoms with Crippen molar-refractivity contribution in [2.45, 2.75) is 39.8 Å². The van der Waals surface area contributed by atoms with E-state index in [9.17, 15) is 9.59 Å². The average molecular weight is 399 g/mol. The van der Waals surface area contributed by atoms with Crippen LogP contribution < -0.4 is 14.8 Å². The fraction of sp³-hybridized carbons (Fsp3) is 0.391. The number of hydrogen-bond acceptors (Lipinski definition) is 4. The van der Waals surface area contributed by atoms with Crippen molar-refractivity contribution in [3.8, 4) is 11.5 Å². The minimum Gasteiger partial charge on any atom is -0.497 e. The van der Waals surface area contributed by atoms with Crippen LogP contribution >= 0.6 is 0 Å². The van der Waals surface area contributed by atoms with Gasteiger partial charge in [-0.05, 0) is 61.2 Å². The van der Waals surface area contributed by atoms with Gasteiger partial charge in [-0.25, -0.2) is 0 Å². The Morgan fingerprint density at radius 1 is 1.07 bits per heavy atom. The van der Waals surface area contributed by atoms with E-state index in [1.54, 1.807) is 19.1 Å². The zero-order valence-electron chi connectivity index (χ0n) is 17.8. The van der Waals surface area contributed by atoms with Crippen molar-refractivity contribution >= 4 is 11.8 Å². The molecule has 2 aromatic rings. The van der Waals surface area contributed by atoms with Gasteiger partial charge in [0.25, 0.3) is 5.91 Å². The monoisotopic (exact) mass is 398 g/mol. The third kappa shape index (κ3) is 6.24. The second kappa shape index (κ2) is 10.5. The van der Waals surface area contributed by atoms with Gasteiger partial charge in [-0.1, -0.05) is 25.1 Å². The molecule has 0 aliphatic heterocycles. The molecule has 2 amide bonds. The van der Waals surface area contributed by atoms with Gasteiger partial charge in [0.1, 0.15) is 17.5 Å². The molecule has 0 spiro atoms. The highest BCUT2D eigenvalue weighted by Crippen LogP contribution is 2.19. The van der Waals surface area contributed by atoms with Gasteiger partial charge in [0.15, 0.2) is 6.61 Å². The van der Waals surface area contributed by atoms with Crippen LogP contribution in [0.1, 0.15) is 30.0 Å². The first kappa shape index (κ1) is 22.3. The summed E-state index contributed by atoms with van der Waals surface area (Å²) < 4.78 is 11.0. The number of nitrogens with one attached hydrogen (secondary N) is 1. The summed E-state index contributed by atoms with van der Waals surface area (Å²) in [4.78, 5) is 27.0. The van der Waals surface area contributed by atoms with Crippen molar-refractivity contribution in [1.82, 2.24) is 10.2 Å². The Morgan fingerprint density at radius 3 is 2.34 bits per heavy atom. The van der Waals surface area contributed by atoms with Gasteiger partial charge in [-0.2, -0.15) is 0 Å². The molecule has 0 aliphatic rings. The smallest absolute Gasteiger partial charge is 0.261 e. The van der Waals surface area contributed by atoms with Crippen LogP contribution in [0.15, 0.2) is 42.5 Å². The maximum absolute atomic E-state index is 13.1. The van der Waals surface area contributed by atoms with Crippen molar-refractivity contribution in [2.75, 3.05) is 20.8 Å². The number of carbonyl (C=O) groups excluding carboxylic acids is 2. The zero-order chi connectivity index (χ0) is 21.4. The van der Waals surface area contributed by atoms with Gasteiger partial charge >= 0.3 is 0 Å². The number of ether oxygens (including phenoxy) is 2. The molecule has 6 nitrogen and oxygen atoms in total. The molecule has 0 saturated carbocycles. The molecule has 0 saturated heterocycles. The topological polar surface area (TPSA) is 67.9 Å². The lowest BCUT2D eigenvalue weighted by Crippen LogP contribution is -2.49. The quantitative estimate of drug-likeness (QED) is 0.704. The molecule has 156 valence electrons. The predicted molar refractivity (Wildman–Crippen MR) is 113 cm³/mol. The second-order valence-electron chi connectivity index (χ2n) is 7.02. The van der Waals surface area contributed by atoms with Crippen LogP contribution in [0.4, 0.5) is 0 Å². The molecule has 0 aromatic heterocycles. The summed E-state index contributed by atoms with van der Waals surface area (Å²) in [6.45, 7) is 6.00. The summed E-state index contributed by atoms with van der Waals surface area (Å²) in [5.74, 6) is 0.900. The van der Waals surface area contributed by atoms with Crippen molar-refractivity contribution < 1.29 is 19.1 Å². The number of amides is 2. The summed E-state index contributed by atoms with van der Waals surface area (Å²) in [5, 5.41) is 2.65. The highest BCUT2D eigenvalue weighted by atomic mass is 16.5. The van der Waals surface area contributed by atoms with Gasteiger partial charge in [-0.3, -0.25) is 9.59 Å². The Morgan fingerprint density at radius 2 is 1.76 bits per heavy atom. The van der Waals surface area contributed by atoms with Crippen LogP contribution in [-0.4, -0.2) is 43.5 Å². The molecular formula is C23H30N2O4. The van der Waals surface area contributed by atoms with Gasteiger partial charge < -0.3 is 19.7 Å². The van der Waals surface area contributed by atoms with E-state index in [4.69, 9.17) is 9.47 Å². The molecule has 29 heavy (non-hydrogen) atoms. The molecule has 0 unspecified atom stereocenters. The Kier molecular flexibility index (Phi) is 8.07. The Labute approximate surface area is 172 Å². The van der Waals surface area contributed by atoms with E-state index in [1.165, 1.54) is 0 Å². The highest BCUT2D eigenvalue weighted by Gasteiger charge is 2.28. The standard InChI is InChI=1S/C23H30N2O4/c1-6-21(23(27)24-4)25(14-18-8-7-9-19(13-18)28-5)22(26)15-29-20-11-16(2)10-17(3)12-20/h7-13,21H,6,14-15H2,1-5H3,(H,24,27)/t21-/m1/s1. The normalized spacial score (nSPS) is 11.5. The third-order valence-corrected chi connectivity index (χ3v) is 4.68. The molecule has 2 rings (SSSR count). The van der Waals surface area contributed by atoms with Crippen LogP contribution in [0.25, 0.3) is 0 Å². The number of nitrogens with zero attached hydrogens (tertiary/aromatic N) is 1. The van der Waals surface area contributed by atoms with Crippen LogP contribution in [0.3, 0.4) is 0 Å². The molecule has 0 fully saturated rings. The molecule has 1 atom stereocenters. The molecule has 1 N–H and O–H groups in total. The van der Waals surface area contributed by atoms with Crippen molar-refractivity contribution in [1.29, 1.82) is 0 Å². The lowest BCUT2D eigenvalue weighted by Gasteiger charge is -2.30. The fourth-order valence-electron chi connectivity index (χ4n) is 3.30. The summed E-state index contributed by atoms with van der Waals surface area (Å²) in [6.07, 6.45) is 0.499. The summed E-state index contributed by atoms with van der Waals surface area (Å²) in [7, 11) is 3.17. The van der Waals surface area contributed by atoms with E-state index in [-0.39, 0.29) is 25.0 Å². The number of hydrogen-bond donors (Lipinski definition) is 1. The van der Waals surface area contributed by atoms with Crippen molar-refractivity contribution in [3.63, 3.8) is 0 Å². The van der Waals surface area contributed by atoms with E-state index >= 15 is 0 Å². The Balaban J connectivity index is 2.22. The lowest BCUT2D eigenvalue weighted by molar-refractivity contribution is -0.142. The van der Waals surface area contributed by atoms with E-state index in [1.807, 2.05) is 63.2 Å². The fourth-order valence-corrected chi connectivity index (χ4v) is 3.30. The van der Waals surface area contributed by atoms with E-state index in [0.717, 1.165) is 16.7 Å². The van der Waals surface area contributed by atoms with E-state index < -0.39 is 6.04 Å². The number of benzene rings is 2. The average Bonchev–Trinajstić information content (AvgIpc) is 2.71. The van der Waals surface area contributed by atoms with Crippen molar-refractivity contribution in [3.05, 3.63) is 59.2 Å². The minimum atomic E-state index is -0.582. The zero-order valence-corrected chi connectivity index (χ0v) is 17.8. The molecule has 0 heterocycles. The highest BCUT2D eigenvalue weighted by molar-refractivity contribution is 5.88. The maximum Gasteiger partial charge on any atom is 0.261 e. The summed E-state index contributed by atoms with van der Waals surface area (Å²) in [5.41, 5.74) is 3.02. The molecule has 0 bridgehead atoms. The van der Waals surface area contributed by atoms with Crippen molar-refractivity contribution in [2.24, 2.45) is 0 Å². The molecule has 6 heteroatoms. The van der Waals surface area contributed by atoms with E-state index in [2.05, 4.69) is 5.32 Å². The van der Waals surface area contributed by atoms with Crippen LogP contribution in [0.5, 0.6) is 11.5 Å². The Hall–Kier alpha value is -3.02. The summed E-state index contributed by atoms with van der Waals surface area (Å²) in [6, 6.07) is 12.7. The SMILES string of the molecule is CC[C@H](C(=O)NC)N(Cc1cccc(OC)c1)C(=O)COc1cc(C)cc(C)c1. The molecular weight excluding hydrogens is 368 g/mol. The van der Waals surface area contributed by atoms with Crippen LogP contribution in [0, 0.1) is 13.8 Å². The largest absolute Gasteiger partial charge is 0.497 e. The van der Waals surface area contributed by atoms with Crippen LogP contribution in [-0.2, 0) is 16.1 Å². The predicted octanol–water partition coefficient (Wildman–Crippen LogP) is 3.24. The Bertz CT molecular complexity index is 830. The first-order valence-electron chi connectivity index (χ1n) is 9.73. The summed E-state index contributed by atoms with van der Waals surface area (Å²) >= 11 is 0. The number of aryl methyl sites for hydroxylation is 2. The second-order valence-corrected chi connectivity index (χ2v) is 7.02. The first-order valence-corrected chi connectivity index (χ1v) is 9.73. The molecule has 0 aliphatic carbocycles. The van der Waals surface area contributed by atoms with Gasteiger partial charge in [-0.15, -0.1) is 0 Å². The molecule has 0 radical (unpaired) electrons. The maximum atomic E-state index is 13.1. The first-order chi connectivity index (χ1) is 13.9. The van der Waals surface area contributed by atoms with E-state index in [0.29, 0.717) is 17.9 Å². The molecule has 2 aromatic carbocycles. The van der Waals surface area contributed by atoms with Gasteiger partial charge in [0.05, 0.1) is 7.11 Å².